The predicted octanol–water partition coefficient (Wildman–Crippen LogP) is 1.30. The minimum atomic E-state index is -0.404. The van der Waals surface area contributed by atoms with Gasteiger partial charge in [-0.2, -0.15) is 5.26 Å². The van der Waals surface area contributed by atoms with Crippen LogP contribution < -0.4 is 0 Å². The molecule has 0 radical (unpaired) electrons. The number of hydrogen-bond donors (Lipinski definition) is 0. The maximum Gasteiger partial charge on any atom is 0.411 e. The van der Waals surface area contributed by atoms with E-state index in [4.69, 9.17) is 10.00 Å². The average molecular weight is 180 g/mol. The monoisotopic (exact) mass is 180 g/mol. The third-order valence-electron chi connectivity index (χ3n) is 1.86. The molecule has 4 nitrogen and oxygen atoms in total. The van der Waals surface area contributed by atoms with Crippen molar-refractivity contribution < 1.29 is 9.53 Å². The van der Waals surface area contributed by atoms with Crippen LogP contribution in [0.1, 0.15) is 13.3 Å². The van der Waals surface area contributed by atoms with Crippen LogP contribution in [0, 0.1) is 11.3 Å². The van der Waals surface area contributed by atoms with Crippen molar-refractivity contribution >= 4 is 6.09 Å². The fraction of sp³-hybridized carbons (Fsp3) is 0.556. The molecule has 13 heavy (non-hydrogen) atoms. The molecule has 1 aliphatic rings. The molecule has 0 N–H and O–H groups in total. The largest absolute Gasteiger partial charge is 0.450 e. The van der Waals surface area contributed by atoms with Crippen LogP contribution in [0.25, 0.3) is 0 Å². The van der Waals surface area contributed by atoms with Crippen molar-refractivity contribution in [1.82, 2.24) is 4.90 Å². The molecule has 1 amide bonds. The van der Waals surface area contributed by atoms with Crippen LogP contribution in [0.2, 0.25) is 0 Å². The minimum Gasteiger partial charge on any atom is -0.450 e. The maximum atomic E-state index is 11.3. The van der Waals surface area contributed by atoms with Crippen molar-refractivity contribution in [2.45, 2.75) is 19.4 Å². The zero-order valence-electron chi connectivity index (χ0n) is 7.56. The second-order valence-electron chi connectivity index (χ2n) is 2.70. The highest BCUT2D eigenvalue weighted by molar-refractivity contribution is 5.69. The topological polar surface area (TPSA) is 53.3 Å². The van der Waals surface area contributed by atoms with Crippen LogP contribution in [0.3, 0.4) is 0 Å². The first-order valence-corrected chi connectivity index (χ1v) is 4.27. The summed E-state index contributed by atoms with van der Waals surface area (Å²) in [6.07, 6.45) is 3.96. The van der Waals surface area contributed by atoms with Gasteiger partial charge in [-0.15, -0.1) is 0 Å². The lowest BCUT2D eigenvalue weighted by molar-refractivity contribution is 0.102. The Morgan fingerprint density at radius 3 is 3.15 bits per heavy atom. The minimum absolute atomic E-state index is 0.344. The number of amides is 1. The van der Waals surface area contributed by atoms with Crippen LogP contribution in [-0.4, -0.2) is 30.2 Å². The Hall–Kier alpha value is -1.50. The van der Waals surface area contributed by atoms with Crippen LogP contribution in [-0.2, 0) is 4.74 Å². The fourth-order valence-corrected chi connectivity index (χ4v) is 1.20. The first kappa shape index (κ1) is 9.59. The van der Waals surface area contributed by atoms with E-state index >= 15 is 0 Å². The number of rotatable bonds is 1. The highest BCUT2D eigenvalue weighted by Gasteiger charge is 2.24. The van der Waals surface area contributed by atoms with E-state index in [1.807, 2.05) is 12.2 Å². The van der Waals surface area contributed by atoms with Crippen molar-refractivity contribution in [3.63, 3.8) is 0 Å². The second kappa shape index (κ2) is 4.51. The van der Waals surface area contributed by atoms with E-state index in [-0.39, 0.29) is 6.04 Å². The summed E-state index contributed by atoms with van der Waals surface area (Å²) in [4.78, 5) is 12.7. The van der Waals surface area contributed by atoms with Crippen molar-refractivity contribution in [3.05, 3.63) is 12.2 Å². The summed E-state index contributed by atoms with van der Waals surface area (Å²) in [5, 5.41) is 8.75. The Kier molecular flexibility index (Phi) is 3.32. The van der Waals surface area contributed by atoms with Crippen LogP contribution in [0.5, 0.6) is 0 Å². The van der Waals surface area contributed by atoms with Gasteiger partial charge >= 0.3 is 6.09 Å². The summed E-state index contributed by atoms with van der Waals surface area (Å²) in [5.41, 5.74) is 0. The van der Waals surface area contributed by atoms with Gasteiger partial charge in [-0.3, -0.25) is 4.90 Å². The molecule has 0 spiro atoms. The van der Waals surface area contributed by atoms with Crippen molar-refractivity contribution in [2.24, 2.45) is 0 Å². The number of hydrogen-bond acceptors (Lipinski definition) is 3. The fourth-order valence-electron chi connectivity index (χ4n) is 1.20. The van der Waals surface area contributed by atoms with Gasteiger partial charge in [0.25, 0.3) is 0 Å². The van der Waals surface area contributed by atoms with E-state index in [0.29, 0.717) is 19.6 Å². The van der Waals surface area contributed by atoms with E-state index in [1.165, 1.54) is 4.90 Å². The highest BCUT2D eigenvalue weighted by Crippen LogP contribution is 2.11. The first-order valence-electron chi connectivity index (χ1n) is 4.27. The number of nitriles is 1. The van der Waals surface area contributed by atoms with Gasteiger partial charge < -0.3 is 4.74 Å². The van der Waals surface area contributed by atoms with E-state index in [0.717, 1.165) is 0 Å². The zero-order valence-corrected chi connectivity index (χ0v) is 7.56. The number of ether oxygens (including phenoxy) is 1. The lowest BCUT2D eigenvalue weighted by atomic mass is 10.1. The SMILES string of the molecule is CCOC(=O)N1CC=CCC1C#N. The smallest absolute Gasteiger partial charge is 0.411 e. The maximum absolute atomic E-state index is 11.3. The molecule has 1 atom stereocenters. The van der Waals surface area contributed by atoms with Crippen molar-refractivity contribution in [3.8, 4) is 6.07 Å². The quantitative estimate of drug-likeness (QED) is 0.571. The summed E-state index contributed by atoms with van der Waals surface area (Å²) in [7, 11) is 0. The molecular formula is C9H12N2O2. The highest BCUT2D eigenvalue weighted by atomic mass is 16.6. The Morgan fingerprint density at radius 1 is 1.77 bits per heavy atom. The van der Waals surface area contributed by atoms with Crippen LogP contribution in [0.15, 0.2) is 12.2 Å². The lowest BCUT2D eigenvalue weighted by Gasteiger charge is -2.26. The van der Waals surface area contributed by atoms with Crippen LogP contribution >= 0.6 is 0 Å². The van der Waals surface area contributed by atoms with Gasteiger partial charge in [-0.25, -0.2) is 4.79 Å². The van der Waals surface area contributed by atoms with Gasteiger partial charge in [-0.05, 0) is 13.3 Å². The molecule has 1 aliphatic heterocycles. The molecule has 0 bridgehead atoms. The van der Waals surface area contributed by atoms with Gasteiger partial charge in [0.1, 0.15) is 6.04 Å². The van der Waals surface area contributed by atoms with Crippen molar-refractivity contribution in [1.29, 1.82) is 5.26 Å². The molecule has 1 unspecified atom stereocenters. The molecule has 1 heterocycles. The zero-order chi connectivity index (χ0) is 9.68. The Balaban J connectivity index is 2.61. The normalized spacial score (nSPS) is 20.9. The first-order chi connectivity index (χ1) is 6.29. The Labute approximate surface area is 77.4 Å². The van der Waals surface area contributed by atoms with Gasteiger partial charge in [-0.1, -0.05) is 12.2 Å². The summed E-state index contributed by atoms with van der Waals surface area (Å²) >= 11 is 0. The van der Waals surface area contributed by atoms with E-state index in [2.05, 4.69) is 6.07 Å². The second-order valence-corrected chi connectivity index (χ2v) is 2.70. The summed E-state index contributed by atoms with van der Waals surface area (Å²) in [6, 6.07) is 1.70. The molecular weight excluding hydrogens is 168 g/mol. The average Bonchev–Trinajstić information content (AvgIpc) is 2.18. The molecule has 0 fully saturated rings. The summed E-state index contributed by atoms with van der Waals surface area (Å²) in [6.45, 7) is 2.56. The Bertz CT molecular complexity index is 255. The van der Waals surface area contributed by atoms with Gasteiger partial charge in [0.2, 0.25) is 0 Å². The van der Waals surface area contributed by atoms with E-state index in [9.17, 15) is 4.79 Å². The third-order valence-corrected chi connectivity index (χ3v) is 1.86. The number of carbonyl (C=O) groups excluding carboxylic acids is 1. The van der Waals surface area contributed by atoms with Gasteiger partial charge in [0.05, 0.1) is 12.7 Å². The predicted molar refractivity (Wildman–Crippen MR) is 46.9 cm³/mol. The molecule has 0 aliphatic carbocycles. The standard InChI is InChI=1S/C9H12N2O2/c1-2-13-9(12)11-6-4-3-5-8(11)7-10/h3-4,8H,2,5-6H2,1H3. The molecule has 0 aromatic heterocycles. The molecule has 0 aromatic rings. The summed E-state index contributed by atoms with van der Waals surface area (Å²) in [5.74, 6) is 0. The van der Waals surface area contributed by atoms with Crippen LogP contribution in [0.4, 0.5) is 4.79 Å². The molecule has 0 saturated carbocycles. The van der Waals surface area contributed by atoms with Gasteiger partial charge in [0, 0.05) is 6.54 Å². The van der Waals surface area contributed by atoms with E-state index < -0.39 is 6.09 Å². The molecule has 0 aromatic carbocycles. The summed E-state index contributed by atoms with van der Waals surface area (Å²) < 4.78 is 4.82. The molecule has 1 rings (SSSR count). The number of nitrogens with zero attached hydrogens (tertiary/aromatic N) is 2. The molecule has 0 saturated heterocycles. The van der Waals surface area contributed by atoms with Gasteiger partial charge in [0.15, 0.2) is 0 Å². The lowest BCUT2D eigenvalue weighted by Crippen LogP contribution is -2.41. The third kappa shape index (κ3) is 2.22. The van der Waals surface area contributed by atoms with E-state index in [1.54, 1.807) is 6.92 Å². The molecule has 4 heteroatoms. The molecule has 70 valence electrons. The Morgan fingerprint density at radius 2 is 2.54 bits per heavy atom. The van der Waals surface area contributed by atoms with Crippen molar-refractivity contribution in [2.75, 3.05) is 13.2 Å². The number of carbonyl (C=O) groups is 1.